The SMILES string of the molecule is COc1ccc(CCOc2cccc(-c3cccc(CC(=O)Cn4ccnc4)c3)n2)cc1OC. The van der Waals surface area contributed by atoms with Crippen LogP contribution in [0.4, 0.5) is 0 Å². The van der Waals surface area contributed by atoms with Crippen LogP contribution in [-0.2, 0) is 24.2 Å². The normalized spacial score (nSPS) is 10.6. The van der Waals surface area contributed by atoms with Gasteiger partial charge in [-0.3, -0.25) is 4.79 Å². The van der Waals surface area contributed by atoms with Crippen molar-refractivity contribution in [2.75, 3.05) is 20.8 Å². The molecule has 2 aromatic carbocycles. The lowest BCUT2D eigenvalue weighted by molar-refractivity contribution is -0.119. The number of ketones is 1. The van der Waals surface area contributed by atoms with Crippen LogP contribution in [0.5, 0.6) is 17.4 Å². The number of ether oxygens (including phenoxy) is 3. The van der Waals surface area contributed by atoms with Gasteiger partial charge in [-0.25, -0.2) is 9.97 Å². The predicted molar refractivity (Wildman–Crippen MR) is 129 cm³/mol. The molecule has 4 rings (SSSR count). The molecule has 0 saturated heterocycles. The van der Waals surface area contributed by atoms with Crippen LogP contribution in [0.25, 0.3) is 11.3 Å². The molecule has 0 amide bonds. The zero-order valence-corrected chi connectivity index (χ0v) is 19.3. The fourth-order valence-corrected chi connectivity index (χ4v) is 3.67. The number of methoxy groups -OCH3 is 2. The van der Waals surface area contributed by atoms with Crippen LogP contribution in [0.15, 0.2) is 79.4 Å². The monoisotopic (exact) mass is 457 g/mol. The Hall–Kier alpha value is -4.13. The lowest BCUT2D eigenvalue weighted by Crippen LogP contribution is -2.11. The van der Waals surface area contributed by atoms with Gasteiger partial charge in [-0.05, 0) is 35.4 Å². The maximum atomic E-state index is 12.4. The Morgan fingerprint density at radius 1 is 0.941 bits per heavy atom. The molecule has 0 unspecified atom stereocenters. The van der Waals surface area contributed by atoms with Crippen molar-refractivity contribution >= 4 is 5.78 Å². The summed E-state index contributed by atoms with van der Waals surface area (Å²) in [6.07, 6.45) is 6.17. The van der Waals surface area contributed by atoms with E-state index in [2.05, 4.69) is 9.97 Å². The Morgan fingerprint density at radius 2 is 1.79 bits per heavy atom. The molecule has 0 fully saturated rings. The molecule has 2 heterocycles. The zero-order chi connectivity index (χ0) is 23.8. The summed E-state index contributed by atoms with van der Waals surface area (Å²) in [5.74, 6) is 2.07. The van der Waals surface area contributed by atoms with Gasteiger partial charge in [0.1, 0.15) is 0 Å². The number of carbonyl (C=O) groups is 1. The minimum Gasteiger partial charge on any atom is -0.493 e. The van der Waals surface area contributed by atoms with Gasteiger partial charge in [-0.1, -0.05) is 30.3 Å². The molecule has 7 nitrogen and oxygen atoms in total. The maximum Gasteiger partial charge on any atom is 0.213 e. The first-order chi connectivity index (χ1) is 16.6. The standard InChI is InChI=1S/C27H27N3O4/c1-32-25-10-9-20(17-26(25)33-2)11-14-34-27-8-4-7-24(29-27)22-6-3-5-21(15-22)16-23(31)18-30-13-12-28-19-30/h3-10,12-13,15,17,19H,11,14,16,18H2,1-2H3. The van der Waals surface area contributed by atoms with Crippen molar-refractivity contribution in [1.82, 2.24) is 14.5 Å². The van der Waals surface area contributed by atoms with Crippen LogP contribution >= 0.6 is 0 Å². The number of hydrogen-bond donors (Lipinski definition) is 0. The van der Waals surface area contributed by atoms with E-state index < -0.39 is 0 Å². The Balaban J connectivity index is 1.37. The first-order valence-electron chi connectivity index (χ1n) is 11.0. The van der Waals surface area contributed by atoms with Crippen molar-refractivity contribution in [2.45, 2.75) is 19.4 Å². The van der Waals surface area contributed by atoms with E-state index in [1.165, 1.54) is 0 Å². The van der Waals surface area contributed by atoms with Crippen LogP contribution in [-0.4, -0.2) is 41.1 Å². The third-order valence-electron chi connectivity index (χ3n) is 5.35. The van der Waals surface area contributed by atoms with Crippen LogP contribution in [0.3, 0.4) is 0 Å². The smallest absolute Gasteiger partial charge is 0.213 e. The van der Waals surface area contributed by atoms with Crippen LogP contribution in [0.2, 0.25) is 0 Å². The molecule has 0 spiro atoms. The predicted octanol–water partition coefficient (Wildman–Crippen LogP) is 4.40. The largest absolute Gasteiger partial charge is 0.493 e. The third kappa shape index (κ3) is 6.01. The number of carbonyl (C=O) groups excluding carboxylic acids is 1. The van der Waals surface area contributed by atoms with Gasteiger partial charge in [0, 0.05) is 36.9 Å². The second kappa shape index (κ2) is 11.1. The van der Waals surface area contributed by atoms with E-state index in [4.69, 9.17) is 14.2 Å². The number of hydrogen-bond acceptors (Lipinski definition) is 6. The van der Waals surface area contributed by atoms with Crippen LogP contribution < -0.4 is 14.2 Å². The number of pyridine rings is 1. The maximum absolute atomic E-state index is 12.4. The summed E-state index contributed by atoms with van der Waals surface area (Å²) >= 11 is 0. The number of Topliss-reactive ketones (excluding diaryl/α,β-unsaturated/α-hetero) is 1. The van der Waals surface area contributed by atoms with Gasteiger partial charge in [-0.2, -0.15) is 0 Å². The summed E-state index contributed by atoms with van der Waals surface area (Å²) in [5.41, 5.74) is 3.77. The summed E-state index contributed by atoms with van der Waals surface area (Å²) in [5, 5.41) is 0. The fraction of sp³-hybridized carbons (Fsp3) is 0.222. The Morgan fingerprint density at radius 3 is 2.59 bits per heavy atom. The molecule has 0 aliphatic carbocycles. The Bertz CT molecular complexity index is 1240. The first-order valence-corrected chi connectivity index (χ1v) is 11.0. The molecule has 0 atom stereocenters. The topological polar surface area (TPSA) is 75.5 Å². The molecule has 0 aliphatic heterocycles. The minimum absolute atomic E-state index is 0.121. The number of benzene rings is 2. The van der Waals surface area contributed by atoms with Crippen LogP contribution in [0.1, 0.15) is 11.1 Å². The van der Waals surface area contributed by atoms with E-state index in [9.17, 15) is 4.79 Å². The highest BCUT2D eigenvalue weighted by Crippen LogP contribution is 2.28. The summed E-state index contributed by atoms with van der Waals surface area (Å²) in [6, 6.07) is 19.4. The van der Waals surface area contributed by atoms with Crippen molar-refractivity contribution in [2.24, 2.45) is 0 Å². The van der Waals surface area contributed by atoms with Gasteiger partial charge in [0.15, 0.2) is 17.3 Å². The van der Waals surface area contributed by atoms with Crippen LogP contribution in [0, 0.1) is 0 Å². The number of rotatable bonds is 11. The highest BCUT2D eigenvalue weighted by molar-refractivity contribution is 5.81. The number of aromatic nitrogens is 3. The molecule has 0 radical (unpaired) electrons. The highest BCUT2D eigenvalue weighted by Gasteiger charge is 2.09. The van der Waals surface area contributed by atoms with E-state index in [0.29, 0.717) is 43.4 Å². The third-order valence-corrected chi connectivity index (χ3v) is 5.35. The Labute approximate surface area is 199 Å². The summed E-state index contributed by atoms with van der Waals surface area (Å²) < 4.78 is 18.3. The molecule has 34 heavy (non-hydrogen) atoms. The fourth-order valence-electron chi connectivity index (χ4n) is 3.67. The zero-order valence-electron chi connectivity index (χ0n) is 19.3. The molecule has 7 heteroatoms. The highest BCUT2D eigenvalue weighted by atomic mass is 16.5. The van der Waals surface area contributed by atoms with Crippen molar-refractivity contribution < 1.29 is 19.0 Å². The summed E-state index contributed by atoms with van der Waals surface area (Å²) in [4.78, 5) is 21.0. The van der Waals surface area contributed by atoms with Gasteiger partial charge in [0.25, 0.3) is 0 Å². The average molecular weight is 458 g/mol. The first kappa shape index (κ1) is 23.0. The summed E-state index contributed by atoms with van der Waals surface area (Å²) in [6.45, 7) is 0.792. The van der Waals surface area contributed by atoms with Crippen molar-refractivity contribution in [3.63, 3.8) is 0 Å². The average Bonchev–Trinajstić information content (AvgIpc) is 3.37. The van der Waals surface area contributed by atoms with E-state index in [0.717, 1.165) is 22.4 Å². The van der Waals surface area contributed by atoms with E-state index >= 15 is 0 Å². The van der Waals surface area contributed by atoms with Crippen molar-refractivity contribution in [3.05, 3.63) is 90.5 Å². The second-order valence-electron chi connectivity index (χ2n) is 7.80. The molecule has 4 aromatic rings. The Kier molecular flexibility index (Phi) is 7.55. The van der Waals surface area contributed by atoms with Crippen molar-refractivity contribution in [3.8, 4) is 28.6 Å². The molecular weight excluding hydrogens is 430 g/mol. The summed E-state index contributed by atoms with van der Waals surface area (Å²) in [7, 11) is 3.24. The minimum atomic E-state index is 0.121. The molecular formula is C27H27N3O4. The van der Waals surface area contributed by atoms with Gasteiger partial charge < -0.3 is 18.8 Å². The van der Waals surface area contributed by atoms with E-state index in [1.807, 2.05) is 60.7 Å². The quantitative estimate of drug-likeness (QED) is 0.332. The van der Waals surface area contributed by atoms with Crippen molar-refractivity contribution in [1.29, 1.82) is 0 Å². The van der Waals surface area contributed by atoms with Gasteiger partial charge in [0.05, 0.1) is 39.4 Å². The molecule has 0 N–H and O–H groups in total. The number of nitrogens with zero attached hydrogens (tertiary/aromatic N) is 3. The second-order valence-corrected chi connectivity index (χ2v) is 7.80. The van der Waals surface area contributed by atoms with Gasteiger partial charge in [-0.15, -0.1) is 0 Å². The lowest BCUT2D eigenvalue weighted by atomic mass is 10.0. The molecule has 2 aromatic heterocycles. The molecule has 0 saturated carbocycles. The molecule has 0 aliphatic rings. The van der Waals surface area contributed by atoms with E-state index in [1.54, 1.807) is 37.5 Å². The van der Waals surface area contributed by atoms with Gasteiger partial charge in [0.2, 0.25) is 5.88 Å². The molecule has 0 bridgehead atoms. The lowest BCUT2D eigenvalue weighted by Gasteiger charge is -2.11. The van der Waals surface area contributed by atoms with E-state index in [-0.39, 0.29) is 5.78 Å². The van der Waals surface area contributed by atoms with Gasteiger partial charge >= 0.3 is 0 Å². The molecule has 174 valence electrons. The number of imidazole rings is 1.